The second kappa shape index (κ2) is 8.88. The Morgan fingerprint density at radius 3 is 3.10 bits per heavy atom. The third-order valence-corrected chi connectivity index (χ3v) is 4.68. The maximum absolute atomic E-state index is 5.83. The lowest BCUT2D eigenvalue weighted by molar-refractivity contribution is 0.00849. The fraction of sp³-hybridized carbons (Fsp3) is 0.800. The predicted octanol–water partition coefficient (Wildman–Crippen LogP) is 2.90. The molecule has 2 atom stereocenters. The average Bonchev–Trinajstić information content (AvgIpc) is 2.88. The second-order valence-electron chi connectivity index (χ2n) is 5.50. The van der Waals surface area contributed by atoms with Crippen LogP contribution in [0.1, 0.15) is 43.8 Å². The first-order valence-electron chi connectivity index (χ1n) is 7.75. The summed E-state index contributed by atoms with van der Waals surface area (Å²) in [5.74, 6) is 0. The number of nitrogens with one attached hydrogen (secondary N) is 1. The van der Waals surface area contributed by atoms with Crippen LogP contribution in [0, 0.1) is 0 Å². The van der Waals surface area contributed by atoms with Gasteiger partial charge in [-0.3, -0.25) is 4.68 Å². The summed E-state index contributed by atoms with van der Waals surface area (Å²) < 4.78 is 14.1. The molecule has 1 aromatic rings. The predicted molar refractivity (Wildman–Crippen MR) is 86.4 cm³/mol. The molecular formula is C15H26BrN3O2. The van der Waals surface area contributed by atoms with Crippen LogP contribution >= 0.6 is 15.9 Å². The molecule has 1 aromatic heterocycles. The van der Waals surface area contributed by atoms with Crippen LogP contribution in [0.15, 0.2) is 10.7 Å². The lowest BCUT2D eigenvalue weighted by atomic mass is 10.00. The van der Waals surface area contributed by atoms with Crippen LogP contribution < -0.4 is 5.32 Å². The van der Waals surface area contributed by atoms with Gasteiger partial charge in [0.05, 0.1) is 41.7 Å². The number of ether oxygens (including phenoxy) is 2. The molecule has 0 amide bonds. The maximum atomic E-state index is 5.83. The van der Waals surface area contributed by atoms with Crippen LogP contribution in [-0.4, -0.2) is 43.3 Å². The van der Waals surface area contributed by atoms with Gasteiger partial charge in [-0.15, -0.1) is 0 Å². The Kier molecular flexibility index (Phi) is 7.16. The molecule has 1 saturated heterocycles. The van der Waals surface area contributed by atoms with E-state index in [4.69, 9.17) is 9.47 Å². The van der Waals surface area contributed by atoms with E-state index in [1.165, 1.54) is 25.0 Å². The van der Waals surface area contributed by atoms with Crippen LogP contribution in [0.5, 0.6) is 0 Å². The summed E-state index contributed by atoms with van der Waals surface area (Å²) >= 11 is 3.62. The van der Waals surface area contributed by atoms with E-state index >= 15 is 0 Å². The first-order valence-corrected chi connectivity index (χ1v) is 8.54. The van der Waals surface area contributed by atoms with Crippen LogP contribution in [0.4, 0.5) is 0 Å². The zero-order valence-electron chi connectivity index (χ0n) is 13.0. The highest BCUT2D eigenvalue weighted by atomic mass is 79.9. The van der Waals surface area contributed by atoms with Gasteiger partial charge in [0.25, 0.3) is 0 Å². The molecule has 0 bridgehead atoms. The van der Waals surface area contributed by atoms with Gasteiger partial charge in [-0.2, -0.15) is 5.10 Å². The smallest absolute Gasteiger partial charge is 0.0696 e. The monoisotopic (exact) mass is 359 g/mol. The van der Waals surface area contributed by atoms with Crippen molar-refractivity contribution >= 4 is 15.9 Å². The van der Waals surface area contributed by atoms with Crippen molar-refractivity contribution in [2.45, 2.75) is 50.8 Å². The molecule has 2 heterocycles. The van der Waals surface area contributed by atoms with Crippen molar-refractivity contribution < 1.29 is 9.47 Å². The summed E-state index contributed by atoms with van der Waals surface area (Å²) in [7, 11) is 3.72. The Bertz CT molecular complexity index is 419. The van der Waals surface area contributed by atoms with E-state index in [2.05, 4.69) is 26.3 Å². The molecule has 2 unspecified atom stereocenters. The molecule has 120 valence electrons. The quantitative estimate of drug-likeness (QED) is 0.775. The maximum Gasteiger partial charge on any atom is 0.0696 e. The minimum Gasteiger partial charge on any atom is -0.383 e. The molecule has 5 nitrogen and oxygen atoms in total. The Morgan fingerprint density at radius 2 is 2.43 bits per heavy atom. The standard InChI is InChI=1S/C15H26BrN3O2/c1-17-14(7-6-12-5-3-4-9-21-12)15-13(16)11-18-19(15)8-10-20-2/h11-12,14,17H,3-10H2,1-2H3. The Labute approximate surface area is 135 Å². The van der Waals surface area contributed by atoms with Gasteiger partial charge < -0.3 is 14.8 Å². The van der Waals surface area contributed by atoms with Crippen molar-refractivity contribution in [1.82, 2.24) is 15.1 Å². The highest BCUT2D eigenvalue weighted by Crippen LogP contribution is 2.28. The van der Waals surface area contributed by atoms with Gasteiger partial charge in [-0.05, 0) is 55.1 Å². The van der Waals surface area contributed by atoms with Gasteiger partial charge >= 0.3 is 0 Å². The topological polar surface area (TPSA) is 48.3 Å². The number of nitrogens with zero attached hydrogens (tertiary/aromatic N) is 2. The van der Waals surface area contributed by atoms with Gasteiger partial charge in [-0.1, -0.05) is 0 Å². The lowest BCUT2D eigenvalue weighted by Gasteiger charge is -2.25. The van der Waals surface area contributed by atoms with Crippen LogP contribution in [0.25, 0.3) is 0 Å². The number of aromatic nitrogens is 2. The van der Waals surface area contributed by atoms with E-state index in [1.807, 2.05) is 17.9 Å². The number of hydrogen-bond acceptors (Lipinski definition) is 4. The molecule has 0 aliphatic carbocycles. The molecule has 0 spiro atoms. The van der Waals surface area contributed by atoms with Gasteiger partial charge in [0.15, 0.2) is 0 Å². The molecule has 1 aliphatic rings. The van der Waals surface area contributed by atoms with Gasteiger partial charge in [-0.25, -0.2) is 0 Å². The number of hydrogen-bond donors (Lipinski definition) is 1. The molecule has 0 aromatic carbocycles. The van der Waals surface area contributed by atoms with E-state index in [0.29, 0.717) is 12.7 Å². The fourth-order valence-electron chi connectivity index (χ4n) is 2.88. The van der Waals surface area contributed by atoms with Gasteiger partial charge in [0.1, 0.15) is 0 Å². The summed E-state index contributed by atoms with van der Waals surface area (Å²) in [6.07, 6.45) is 8.13. The zero-order chi connectivity index (χ0) is 15.1. The summed E-state index contributed by atoms with van der Waals surface area (Å²) in [5, 5.41) is 7.85. The third kappa shape index (κ3) is 4.77. The Balaban J connectivity index is 1.97. The zero-order valence-corrected chi connectivity index (χ0v) is 14.6. The van der Waals surface area contributed by atoms with E-state index in [0.717, 1.165) is 30.5 Å². The van der Waals surface area contributed by atoms with E-state index in [-0.39, 0.29) is 6.04 Å². The van der Waals surface area contributed by atoms with Crippen LogP contribution in [-0.2, 0) is 16.0 Å². The Morgan fingerprint density at radius 1 is 1.57 bits per heavy atom. The molecule has 1 N–H and O–H groups in total. The summed E-state index contributed by atoms with van der Waals surface area (Å²) in [4.78, 5) is 0. The first kappa shape index (κ1) is 16.9. The molecular weight excluding hydrogens is 334 g/mol. The number of rotatable bonds is 8. The van der Waals surface area contributed by atoms with E-state index in [1.54, 1.807) is 7.11 Å². The average molecular weight is 360 g/mol. The van der Waals surface area contributed by atoms with Crippen LogP contribution in [0.2, 0.25) is 0 Å². The van der Waals surface area contributed by atoms with Gasteiger partial charge in [0.2, 0.25) is 0 Å². The minimum absolute atomic E-state index is 0.282. The largest absolute Gasteiger partial charge is 0.383 e. The van der Waals surface area contributed by atoms with Crippen LogP contribution in [0.3, 0.4) is 0 Å². The van der Waals surface area contributed by atoms with Crippen molar-refractivity contribution in [3.05, 3.63) is 16.4 Å². The molecule has 0 radical (unpaired) electrons. The summed E-state index contributed by atoms with van der Waals surface area (Å²) in [6.45, 7) is 2.36. The van der Waals surface area contributed by atoms with Crippen molar-refractivity contribution in [1.29, 1.82) is 0 Å². The molecule has 1 fully saturated rings. The highest BCUT2D eigenvalue weighted by molar-refractivity contribution is 9.10. The van der Waals surface area contributed by atoms with Crippen molar-refractivity contribution in [2.75, 3.05) is 27.4 Å². The van der Waals surface area contributed by atoms with Crippen molar-refractivity contribution in [3.63, 3.8) is 0 Å². The molecule has 2 rings (SSSR count). The van der Waals surface area contributed by atoms with Crippen molar-refractivity contribution in [3.8, 4) is 0 Å². The number of halogens is 1. The summed E-state index contributed by atoms with van der Waals surface area (Å²) in [6, 6.07) is 0.282. The van der Waals surface area contributed by atoms with Gasteiger partial charge in [0, 0.05) is 13.7 Å². The summed E-state index contributed by atoms with van der Waals surface area (Å²) in [5.41, 5.74) is 1.20. The lowest BCUT2D eigenvalue weighted by Crippen LogP contribution is -2.25. The highest BCUT2D eigenvalue weighted by Gasteiger charge is 2.21. The molecule has 21 heavy (non-hydrogen) atoms. The molecule has 0 saturated carbocycles. The fourth-order valence-corrected chi connectivity index (χ4v) is 3.45. The van der Waals surface area contributed by atoms with E-state index in [9.17, 15) is 0 Å². The normalized spacial score (nSPS) is 20.6. The number of methoxy groups -OCH3 is 1. The third-order valence-electron chi connectivity index (χ3n) is 4.07. The minimum atomic E-state index is 0.282. The second-order valence-corrected chi connectivity index (χ2v) is 6.36. The van der Waals surface area contributed by atoms with Crippen molar-refractivity contribution in [2.24, 2.45) is 0 Å². The molecule has 1 aliphatic heterocycles. The molecule has 6 heteroatoms. The van der Waals surface area contributed by atoms with E-state index < -0.39 is 0 Å². The first-order chi connectivity index (χ1) is 10.3. The Hall–Kier alpha value is -0.430. The SMILES string of the molecule is CNC(CCC1CCCCO1)c1c(Br)cnn1CCOC.